The summed E-state index contributed by atoms with van der Waals surface area (Å²) in [4.78, 5) is 23.8. The largest absolute Gasteiger partial charge is 0.494 e. The topological polar surface area (TPSA) is 60.3 Å². The molecule has 0 aliphatic carbocycles. The van der Waals surface area contributed by atoms with Crippen LogP contribution in [-0.2, 0) is 7.05 Å². The lowest BCUT2D eigenvalue weighted by atomic mass is 10.1. The maximum absolute atomic E-state index is 13.7. The number of ether oxygens (including phenoxy) is 1. The number of hydrogen-bond acceptors (Lipinski definition) is 3. The molecule has 0 spiro atoms. The highest BCUT2D eigenvalue weighted by atomic mass is 19.1. The van der Waals surface area contributed by atoms with Crippen molar-refractivity contribution in [1.82, 2.24) is 9.88 Å². The summed E-state index contributed by atoms with van der Waals surface area (Å²) in [6.07, 6.45) is 0. The number of nitrogens with zero attached hydrogens (tertiary/aromatic N) is 1. The fourth-order valence-corrected chi connectivity index (χ4v) is 2.10. The van der Waals surface area contributed by atoms with Gasteiger partial charge in [0.25, 0.3) is 11.5 Å². The van der Waals surface area contributed by atoms with E-state index in [0.717, 1.165) is 0 Å². The summed E-state index contributed by atoms with van der Waals surface area (Å²) in [6, 6.07) is 8.53. The average Bonchev–Trinajstić information content (AvgIpc) is 2.49. The minimum absolute atomic E-state index is 0.146. The second-order valence-electron chi connectivity index (χ2n) is 4.90. The highest BCUT2D eigenvalue weighted by Gasteiger charge is 2.15. The van der Waals surface area contributed by atoms with E-state index >= 15 is 0 Å². The van der Waals surface area contributed by atoms with Crippen LogP contribution in [0.2, 0.25) is 0 Å². The third kappa shape index (κ3) is 3.16. The smallest absolute Gasteiger partial charge is 0.268 e. The molecule has 1 aromatic heterocycles. The zero-order valence-corrected chi connectivity index (χ0v) is 12.6. The number of carbonyl (C=O) groups is 1. The number of pyridine rings is 1. The Morgan fingerprint density at radius 3 is 2.68 bits per heavy atom. The molecule has 0 saturated carbocycles. The fourth-order valence-electron chi connectivity index (χ4n) is 2.10. The van der Waals surface area contributed by atoms with E-state index in [1.165, 1.54) is 43.0 Å². The Morgan fingerprint density at radius 1 is 1.32 bits per heavy atom. The quantitative estimate of drug-likeness (QED) is 0.940. The van der Waals surface area contributed by atoms with Crippen molar-refractivity contribution in [2.24, 2.45) is 7.05 Å². The van der Waals surface area contributed by atoms with Crippen LogP contribution in [0.15, 0.2) is 41.2 Å². The molecule has 0 radical (unpaired) electrons. The van der Waals surface area contributed by atoms with E-state index in [1.807, 2.05) is 0 Å². The Hall–Kier alpha value is -2.63. The summed E-state index contributed by atoms with van der Waals surface area (Å²) < 4.78 is 19.8. The summed E-state index contributed by atoms with van der Waals surface area (Å²) in [7, 11) is 2.91. The normalized spacial score (nSPS) is 11.8. The molecule has 2 rings (SSSR count). The summed E-state index contributed by atoms with van der Waals surface area (Å²) in [5.74, 6) is -0.745. The van der Waals surface area contributed by atoms with Gasteiger partial charge in [0, 0.05) is 13.1 Å². The van der Waals surface area contributed by atoms with Crippen molar-refractivity contribution < 1.29 is 13.9 Å². The molecular formula is C16H17FN2O3. The summed E-state index contributed by atoms with van der Waals surface area (Å²) in [5.41, 5.74) is 0.580. The first-order valence-corrected chi connectivity index (χ1v) is 6.74. The van der Waals surface area contributed by atoms with Crippen LogP contribution in [-0.4, -0.2) is 17.6 Å². The van der Waals surface area contributed by atoms with Crippen LogP contribution in [0.25, 0.3) is 0 Å². The molecule has 0 saturated heterocycles. The highest BCUT2D eigenvalue weighted by Crippen LogP contribution is 2.21. The fraction of sp³-hybridized carbons (Fsp3) is 0.250. The van der Waals surface area contributed by atoms with Gasteiger partial charge in [-0.1, -0.05) is 12.1 Å². The van der Waals surface area contributed by atoms with Crippen molar-refractivity contribution in [3.63, 3.8) is 0 Å². The lowest BCUT2D eigenvalue weighted by Crippen LogP contribution is -2.32. The lowest BCUT2D eigenvalue weighted by Gasteiger charge is -2.16. The number of rotatable bonds is 4. The van der Waals surface area contributed by atoms with Crippen LogP contribution in [0.1, 0.15) is 29.0 Å². The van der Waals surface area contributed by atoms with E-state index in [-0.39, 0.29) is 17.0 Å². The average molecular weight is 304 g/mol. The Bertz CT molecular complexity index is 755. The van der Waals surface area contributed by atoms with Gasteiger partial charge in [0.15, 0.2) is 11.6 Å². The number of methoxy groups -OCH3 is 1. The van der Waals surface area contributed by atoms with Crippen molar-refractivity contribution in [3.8, 4) is 5.75 Å². The van der Waals surface area contributed by atoms with E-state index < -0.39 is 17.8 Å². The van der Waals surface area contributed by atoms with Crippen molar-refractivity contribution >= 4 is 5.91 Å². The Kier molecular flexibility index (Phi) is 4.60. The van der Waals surface area contributed by atoms with E-state index in [4.69, 9.17) is 4.74 Å². The molecule has 1 N–H and O–H groups in total. The molecule has 116 valence electrons. The molecule has 22 heavy (non-hydrogen) atoms. The van der Waals surface area contributed by atoms with Crippen LogP contribution in [0.3, 0.4) is 0 Å². The van der Waals surface area contributed by atoms with Gasteiger partial charge < -0.3 is 14.6 Å². The van der Waals surface area contributed by atoms with Crippen LogP contribution in [0.5, 0.6) is 5.75 Å². The maximum Gasteiger partial charge on any atom is 0.268 e. The van der Waals surface area contributed by atoms with Crippen LogP contribution in [0, 0.1) is 5.82 Å². The molecule has 0 aliphatic heterocycles. The molecule has 2 aromatic rings. The Labute approximate surface area is 127 Å². The number of aromatic nitrogens is 1. The molecule has 1 heterocycles. The summed E-state index contributed by atoms with van der Waals surface area (Å²) in [5, 5.41) is 2.74. The van der Waals surface area contributed by atoms with Crippen LogP contribution in [0.4, 0.5) is 4.39 Å². The number of amides is 1. The van der Waals surface area contributed by atoms with Crippen molar-refractivity contribution in [1.29, 1.82) is 0 Å². The second-order valence-corrected chi connectivity index (χ2v) is 4.90. The SMILES string of the molecule is COc1ccc([C@@H](C)NC(=O)c2cccc(=O)n2C)cc1F. The van der Waals surface area contributed by atoms with Gasteiger partial charge in [-0.3, -0.25) is 9.59 Å². The highest BCUT2D eigenvalue weighted by molar-refractivity contribution is 5.92. The van der Waals surface area contributed by atoms with E-state index in [1.54, 1.807) is 19.1 Å². The predicted molar refractivity (Wildman–Crippen MR) is 80.5 cm³/mol. The molecule has 0 bridgehead atoms. The number of hydrogen-bond donors (Lipinski definition) is 1. The number of halogens is 1. The number of carbonyl (C=O) groups excluding carboxylic acids is 1. The van der Waals surface area contributed by atoms with Gasteiger partial charge in [-0.2, -0.15) is 0 Å². The van der Waals surface area contributed by atoms with Crippen molar-refractivity contribution in [2.45, 2.75) is 13.0 Å². The lowest BCUT2D eigenvalue weighted by molar-refractivity contribution is 0.0930. The molecule has 1 aromatic carbocycles. The first kappa shape index (κ1) is 15.8. The standard InChI is InChI=1S/C16H17FN2O3/c1-10(11-7-8-14(22-3)12(17)9-11)18-16(21)13-5-4-6-15(20)19(13)2/h4-10H,1-3H3,(H,18,21)/t10-/m1/s1. The van der Waals surface area contributed by atoms with Crippen LogP contribution >= 0.6 is 0 Å². The number of nitrogens with one attached hydrogen (secondary N) is 1. The maximum atomic E-state index is 13.7. The molecular weight excluding hydrogens is 287 g/mol. The second kappa shape index (κ2) is 6.43. The molecule has 1 amide bonds. The third-order valence-electron chi connectivity index (χ3n) is 3.44. The zero-order valence-electron chi connectivity index (χ0n) is 12.6. The van der Waals surface area contributed by atoms with Crippen molar-refractivity contribution in [3.05, 3.63) is 63.8 Å². The van der Waals surface area contributed by atoms with Gasteiger partial charge >= 0.3 is 0 Å². The van der Waals surface area contributed by atoms with E-state index in [2.05, 4.69) is 5.32 Å². The summed E-state index contributed by atoms with van der Waals surface area (Å²) >= 11 is 0. The monoisotopic (exact) mass is 304 g/mol. The van der Waals surface area contributed by atoms with Gasteiger partial charge in [0.1, 0.15) is 5.69 Å². The molecule has 5 nitrogen and oxygen atoms in total. The van der Waals surface area contributed by atoms with Gasteiger partial charge in [-0.15, -0.1) is 0 Å². The predicted octanol–water partition coefficient (Wildman–Crippen LogP) is 2.02. The van der Waals surface area contributed by atoms with Crippen LogP contribution < -0.4 is 15.6 Å². The van der Waals surface area contributed by atoms with E-state index in [9.17, 15) is 14.0 Å². The summed E-state index contributed by atoms with van der Waals surface area (Å²) in [6.45, 7) is 1.74. The van der Waals surface area contributed by atoms with Crippen molar-refractivity contribution in [2.75, 3.05) is 7.11 Å². The van der Waals surface area contributed by atoms with Gasteiger partial charge in [0.2, 0.25) is 0 Å². The third-order valence-corrected chi connectivity index (χ3v) is 3.44. The first-order valence-electron chi connectivity index (χ1n) is 6.74. The molecule has 1 atom stereocenters. The van der Waals surface area contributed by atoms with Gasteiger partial charge in [-0.05, 0) is 30.7 Å². The Balaban J connectivity index is 2.19. The first-order chi connectivity index (χ1) is 10.4. The minimum atomic E-state index is -0.492. The number of benzene rings is 1. The zero-order chi connectivity index (χ0) is 16.3. The van der Waals surface area contributed by atoms with Gasteiger partial charge in [0.05, 0.1) is 13.2 Å². The molecule has 0 fully saturated rings. The van der Waals surface area contributed by atoms with Gasteiger partial charge in [-0.25, -0.2) is 4.39 Å². The molecule has 6 heteroatoms. The Morgan fingerprint density at radius 2 is 2.05 bits per heavy atom. The minimum Gasteiger partial charge on any atom is -0.494 e. The van der Waals surface area contributed by atoms with E-state index in [0.29, 0.717) is 5.56 Å². The molecule has 0 aliphatic rings. The molecule has 0 unspecified atom stereocenters.